The molecule has 1 aromatic heterocycles. The molecule has 0 nitrogen and oxygen atoms in total. The van der Waals surface area contributed by atoms with Gasteiger partial charge in [0.2, 0.25) is 0 Å². The van der Waals surface area contributed by atoms with E-state index in [-0.39, 0.29) is 10.8 Å². The minimum atomic E-state index is 0.148. The molecule has 0 aliphatic carbocycles. The summed E-state index contributed by atoms with van der Waals surface area (Å²) >= 11 is 1.91. The molecule has 0 N–H and O–H groups in total. The fourth-order valence-electron chi connectivity index (χ4n) is 3.79. The molecule has 0 fully saturated rings. The smallest absolute Gasteiger partial charge is 0.0361 e. The number of hydrogen-bond donors (Lipinski definition) is 0. The predicted molar refractivity (Wildman–Crippen MR) is 122 cm³/mol. The molecule has 0 unspecified atom stereocenters. The third-order valence-electron chi connectivity index (χ3n) is 5.39. The van der Waals surface area contributed by atoms with Crippen molar-refractivity contribution in [2.45, 2.75) is 52.4 Å². The van der Waals surface area contributed by atoms with E-state index in [0.29, 0.717) is 0 Å². The van der Waals surface area contributed by atoms with Crippen molar-refractivity contribution in [1.29, 1.82) is 0 Å². The summed E-state index contributed by atoms with van der Waals surface area (Å²) in [6.45, 7) is 13.7. The van der Waals surface area contributed by atoms with Crippen LogP contribution in [-0.2, 0) is 10.8 Å². The number of thiophene rings is 1. The van der Waals surface area contributed by atoms with E-state index in [4.69, 9.17) is 0 Å². The van der Waals surface area contributed by atoms with Crippen LogP contribution in [0.25, 0.3) is 31.3 Å². The van der Waals surface area contributed by atoms with Gasteiger partial charge in [-0.2, -0.15) is 0 Å². The fourth-order valence-corrected chi connectivity index (χ4v) is 4.96. The topological polar surface area (TPSA) is 0 Å². The lowest BCUT2D eigenvalue weighted by molar-refractivity contribution is 0.590. The molecule has 4 rings (SSSR count). The Morgan fingerprint density at radius 2 is 1.30 bits per heavy atom. The first kappa shape index (κ1) is 18.3. The Balaban J connectivity index is 1.85. The van der Waals surface area contributed by atoms with Crippen LogP contribution < -0.4 is 0 Å². The van der Waals surface area contributed by atoms with Crippen LogP contribution in [0, 0.1) is 0 Å². The Bertz CT molecular complexity index is 1110. The van der Waals surface area contributed by atoms with Crippen LogP contribution in [0.4, 0.5) is 0 Å². The van der Waals surface area contributed by atoms with E-state index in [1.165, 1.54) is 42.4 Å². The molecule has 0 aliphatic rings. The number of benzene rings is 3. The average molecular weight is 373 g/mol. The molecule has 0 saturated heterocycles. The maximum Gasteiger partial charge on any atom is 0.0361 e. The van der Waals surface area contributed by atoms with Crippen LogP contribution in [0.5, 0.6) is 0 Å². The molecule has 0 saturated carbocycles. The second-order valence-corrected chi connectivity index (χ2v) is 10.7. The van der Waals surface area contributed by atoms with E-state index in [1.807, 2.05) is 11.3 Å². The Morgan fingerprint density at radius 3 is 1.93 bits per heavy atom. The van der Waals surface area contributed by atoms with E-state index in [0.717, 1.165) is 0 Å². The normalized spacial score (nSPS) is 12.8. The van der Waals surface area contributed by atoms with Gasteiger partial charge in [0, 0.05) is 20.2 Å². The Morgan fingerprint density at radius 1 is 0.630 bits per heavy atom. The van der Waals surface area contributed by atoms with Gasteiger partial charge in [0.1, 0.15) is 0 Å². The van der Waals surface area contributed by atoms with E-state index < -0.39 is 0 Å². The summed E-state index contributed by atoms with van der Waals surface area (Å²) in [7, 11) is 0. The minimum Gasteiger partial charge on any atom is -0.135 e. The molecule has 3 aromatic carbocycles. The summed E-state index contributed by atoms with van der Waals surface area (Å²) in [6.07, 6.45) is 0. The van der Waals surface area contributed by atoms with Crippen molar-refractivity contribution in [3.05, 3.63) is 71.8 Å². The lowest BCUT2D eigenvalue weighted by Gasteiger charge is -2.20. The van der Waals surface area contributed by atoms with Gasteiger partial charge in [0.15, 0.2) is 0 Å². The molecule has 0 radical (unpaired) electrons. The summed E-state index contributed by atoms with van der Waals surface area (Å²) in [5.41, 5.74) is 5.74. The lowest BCUT2D eigenvalue weighted by Crippen LogP contribution is -2.11. The van der Waals surface area contributed by atoms with Crippen LogP contribution in [0.15, 0.2) is 60.7 Å². The molecule has 0 bridgehead atoms. The molecular formula is C26H28S. The van der Waals surface area contributed by atoms with E-state index in [9.17, 15) is 0 Å². The van der Waals surface area contributed by atoms with Gasteiger partial charge in [0.25, 0.3) is 0 Å². The van der Waals surface area contributed by atoms with Crippen LogP contribution >= 0.6 is 11.3 Å². The summed E-state index contributed by atoms with van der Waals surface area (Å²) in [5.74, 6) is 0. The van der Waals surface area contributed by atoms with Crippen molar-refractivity contribution in [1.82, 2.24) is 0 Å². The van der Waals surface area contributed by atoms with E-state index in [1.54, 1.807) is 0 Å². The molecular weight excluding hydrogens is 344 g/mol. The summed E-state index contributed by atoms with van der Waals surface area (Å²) < 4.78 is 2.76. The Hall–Kier alpha value is -2.12. The van der Waals surface area contributed by atoms with Gasteiger partial charge in [-0.15, -0.1) is 11.3 Å². The largest absolute Gasteiger partial charge is 0.135 e. The van der Waals surface area contributed by atoms with E-state index >= 15 is 0 Å². The zero-order valence-electron chi connectivity index (χ0n) is 17.2. The van der Waals surface area contributed by atoms with Crippen LogP contribution in [0.1, 0.15) is 52.7 Å². The first-order chi connectivity index (χ1) is 12.6. The van der Waals surface area contributed by atoms with Gasteiger partial charge < -0.3 is 0 Å². The summed E-state index contributed by atoms with van der Waals surface area (Å²) in [4.78, 5) is 0. The molecule has 4 aromatic rings. The molecule has 1 heteroatoms. The number of rotatable bonds is 1. The molecule has 0 aliphatic heterocycles. The maximum atomic E-state index is 2.36. The van der Waals surface area contributed by atoms with E-state index in [2.05, 4.69) is 102 Å². The van der Waals surface area contributed by atoms with Crippen LogP contribution in [0.3, 0.4) is 0 Å². The molecule has 0 amide bonds. The molecule has 0 atom stereocenters. The van der Waals surface area contributed by atoms with Gasteiger partial charge >= 0.3 is 0 Å². The Kier molecular flexibility index (Phi) is 4.20. The highest BCUT2D eigenvalue weighted by Crippen LogP contribution is 2.41. The van der Waals surface area contributed by atoms with Crippen LogP contribution in [0.2, 0.25) is 0 Å². The molecule has 1 heterocycles. The highest BCUT2D eigenvalue weighted by Gasteiger charge is 2.19. The second-order valence-electron chi connectivity index (χ2n) is 9.57. The van der Waals surface area contributed by atoms with Gasteiger partial charge in [0.05, 0.1) is 0 Å². The third-order valence-corrected chi connectivity index (χ3v) is 6.51. The van der Waals surface area contributed by atoms with Crippen molar-refractivity contribution in [3.63, 3.8) is 0 Å². The summed E-state index contributed by atoms with van der Waals surface area (Å²) in [6, 6.07) is 22.7. The SMILES string of the molecule is CC(C)(C)c1ccc(-c2ccc3c(c2)sc2cccc(C(C)(C)C)c23)cc1. The minimum absolute atomic E-state index is 0.148. The molecule has 27 heavy (non-hydrogen) atoms. The fraction of sp³-hybridized carbons (Fsp3) is 0.308. The van der Waals surface area contributed by atoms with Crippen LogP contribution in [-0.4, -0.2) is 0 Å². The van der Waals surface area contributed by atoms with Gasteiger partial charge in [-0.05, 0) is 45.2 Å². The summed E-state index contributed by atoms with van der Waals surface area (Å²) in [5, 5.41) is 2.82. The maximum absolute atomic E-state index is 2.36. The monoisotopic (exact) mass is 372 g/mol. The second kappa shape index (κ2) is 6.21. The molecule has 138 valence electrons. The standard InChI is InChI=1S/C26H28S/c1-25(2,3)19-13-10-17(11-14-19)18-12-15-20-23(16-18)27-22-9-7-8-21(24(20)22)26(4,5)6/h7-16H,1-6H3. The van der Waals surface area contributed by atoms with Crippen molar-refractivity contribution < 1.29 is 0 Å². The van der Waals surface area contributed by atoms with Gasteiger partial charge in [-0.1, -0.05) is 90.1 Å². The predicted octanol–water partition coefficient (Wildman–Crippen LogP) is 8.32. The first-order valence-electron chi connectivity index (χ1n) is 9.71. The quantitative estimate of drug-likeness (QED) is 0.315. The van der Waals surface area contributed by atoms with Gasteiger partial charge in [-0.3, -0.25) is 0 Å². The lowest BCUT2D eigenvalue weighted by atomic mass is 9.84. The molecule has 0 spiro atoms. The highest BCUT2D eigenvalue weighted by atomic mass is 32.1. The first-order valence-corrected chi connectivity index (χ1v) is 10.5. The average Bonchev–Trinajstić information content (AvgIpc) is 2.97. The van der Waals surface area contributed by atoms with Crippen molar-refractivity contribution in [2.75, 3.05) is 0 Å². The highest BCUT2D eigenvalue weighted by molar-refractivity contribution is 7.25. The zero-order valence-corrected chi connectivity index (χ0v) is 18.0. The Labute approximate surface area is 166 Å². The van der Waals surface area contributed by atoms with Crippen molar-refractivity contribution in [3.8, 4) is 11.1 Å². The number of fused-ring (bicyclic) bond motifs is 3. The third kappa shape index (κ3) is 3.30. The van der Waals surface area contributed by atoms with Gasteiger partial charge in [-0.25, -0.2) is 0 Å². The van der Waals surface area contributed by atoms with Crippen molar-refractivity contribution in [2.24, 2.45) is 0 Å². The number of hydrogen-bond acceptors (Lipinski definition) is 1. The zero-order chi connectivity index (χ0) is 19.4. The van der Waals surface area contributed by atoms with Crippen molar-refractivity contribution >= 4 is 31.5 Å².